The quantitative estimate of drug-likeness (QED) is 0.267. The highest BCUT2D eigenvalue weighted by molar-refractivity contribution is 5.91. The molecule has 33 heavy (non-hydrogen) atoms. The number of alkyl halides is 1. The van der Waals surface area contributed by atoms with Gasteiger partial charge in [0.2, 0.25) is 0 Å². The Hall–Kier alpha value is -1.96. The molecule has 0 aromatic heterocycles. The summed E-state index contributed by atoms with van der Waals surface area (Å²) in [5, 5.41) is 12.8. The lowest BCUT2D eigenvalue weighted by atomic mass is 9.45. The highest BCUT2D eigenvalue weighted by Crippen LogP contribution is 2.66. The predicted octanol–water partition coefficient (Wildman–Crippen LogP) is 3.86. The maximum absolute atomic E-state index is 15.2. The molecule has 4 aliphatic carbocycles. The zero-order valence-corrected chi connectivity index (χ0v) is 19.7. The Balaban J connectivity index is 1.47. The van der Waals surface area contributed by atoms with Crippen molar-refractivity contribution in [3.63, 3.8) is 0 Å². The molecule has 0 amide bonds. The summed E-state index contributed by atoms with van der Waals surface area (Å²) in [5.41, 5.74) is 5.82. The van der Waals surface area contributed by atoms with E-state index in [0.29, 0.717) is 55.4 Å². The van der Waals surface area contributed by atoms with Gasteiger partial charge >= 0.3 is 11.9 Å². The van der Waals surface area contributed by atoms with Crippen LogP contribution in [-0.4, -0.2) is 48.2 Å². The second kappa shape index (κ2) is 9.35. The van der Waals surface area contributed by atoms with Gasteiger partial charge in [-0.2, -0.15) is 0 Å². The number of carbonyl (C=O) groups excluding carboxylic acids is 1. The lowest BCUT2D eigenvalue weighted by Crippen LogP contribution is -2.56. The first-order chi connectivity index (χ1) is 15.7. The van der Waals surface area contributed by atoms with Crippen molar-refractivity contribution in [2.45, 2.75) is 77.5 Å². The Bertz CT molecular complexity index is 832. The molecule has 4 saturated carbocycles. The number of hydrogen-bond acceptors (Lipinski definition) is 6. The van der Waals surface area contributed by atoms with E-state index in [1.807, 2.05) is 0 Å². The first-order valence-electron chi connectivity index (χ1n) is 12.3. The first kappa shape index (κ1) is 24.2. The number of rotatable bonds is 6. The van der Waals surface area contributed by atoms with Crippen molar-refractivity contribution < 1.29 is 28.7 Å². The molecule has 0 bridgehead atoms. The van der Waals surface area contributed by atoms with Gasteiger partial charge in [-0.15, -0.1) is 0 Å². The molecule has 0 aliphatic heterocycles. The molecule has 4 fully saturated rings. The fourth-order valence-corrected chi connectivity index (χ4v) is 7.81. The Morgan fingerprint density at radius 2 is 1.91 bits per heavy atom. The van der Waals surface area contributed by atoms with Gasteiger partial charge in [0.1, 0.15) is 18.9 Å². The van der Waals surface area contributed by atoms with Crippen LogP contribution in [0.3, 0.4) is 0 Å². The molecule has 7 nitrogen and oxygen atoms in total. The Kier molecular flexibility index (Phi) is 6.85. The molecule has 4 aliphatic rings. The summed E-state index contributed by atoms with van der Waals surface area (Å²) in [6.45, 7) is 5.18. The summed E-state index contributed by atoms with van der Waals surface area (Å²) >= 11 is 0. The normalized spacial score (nSPS) is 43.6. The predicted molar refractivity (Wildman–Crippen MR) is 121 cm³/mol. The van der Waals surface area contributed by atoms with E-state index in [-0.39, 0.29) is 16.9 Å². The van der Waals surface area contributed by atoms with E-state index in [4.69, 9.17) is 20.4 Å². The monoisotopic (exact) mass is 464 g/mol. The molecule has 0 radical (unpaired) electrons. The molecule has 1 unspecified atom stereocenters. The van der Waals surface area contributed by atoms with Gasteiger partial charge in [0.15, 0.2) is 0 Å². The van der Waals surface area contributed by atoms with Crippen LogP contribution in [0.1, 0.15) is 65.2 Å². The van der Waals surface area contributed by atoms with Crippen molar-refractivity contribution in [1.29, 1.82) is 0 Å². The number of aliphatic carboxylic acids is 1. The summed E-state index contributed by atoms with van der Waals surface area (Å²) in [7, 11) is 0. The lowest BCUT2D eigenvalue weighted by Gasteiger charge is -2.60. The summed E-state index contributed by atoms with van der Waals surface area (Å²) in [6, 6.07) is 0. The van der Waals surface area contributed by atoms with Crippen LogP contribution in [0.25, 0.3) is 0 Å². The smallest absolute Gasteiger partial charge is 0.331 e. The van der Waals surface area contributed by atoms with E-state index in [9.17, 15) is 9.59 Å². The zero-order chi connectivity index (χ0) is 23.8. The van der Waals surface area contributed by atoms with Crippen LogP contribution in [0.5, 0.6) is 0 Å². The second-order valence-corrected chi connectivity index (χ2v) is 11.0. The fraction of sp³-hybridized carbons (Fsp3) is 0.800. The molecule has 0 saturated heterocycles. The van der Waals surface area contributed by atoms with E-state index in [1.54, 1.807) is 0 Å². The molecular formula is C25H37FN2O5. The van der Waals surface area contributed by atoms with Gasteiger partial charge in [-0.05, 0) is 80.5 Å². The topological polar surface area (TPSA) is 111 Å². The molecule has 8 atom stereocenters. The third kappa shape index (κ3) is 4.43. The average Bonchev–Trinajstić information content (AvgIpc) is 3.09. The van der Waals surface area contributed by atoms with Crippen molar-refractivity contribution in [3.05, 3.63) is 12.2 Å². The number of ether oxygens (including phenoxy) is 1. The van der Waals surface area contributed by atoms with Gasteiger partial charge in [0, 0.05) is 24.1 Å². The first-order valence-corrected chi connectivity index (χ1v) is 12.3. The van der Waals surface area contributed by atoms with E-state index in [1.165, 1.54) is 0 Å². The molecule has 0 spiro atoms. The van der Waals surface area contributed by atoms with Gasteiger partial charge in [-0.1, -0.05) is 19.0 Å². The van der Waals surface area contributed by atoms with E-state index in [2.05, 4.69) is 19.0 Å². The molecule has 184 valence electrons. The van der Waals surface area contributed by atoms with Crippen molar-refractivity contribution in [2.75, 3.05) is 13.2 Å². The van der Waals surface area contributed by atoms with E-state index >= 15 is 4.39 Å². The maximum atomic E-state index is 15.2. The second-order valence-electron chi connectivity index (χ2n) is 11.0. The van der Waals surface area contributed by atoms with Crippen molar-refractivity contribution in [2.24, 2.45) is 45.4 Å². The number of oxime groups is 1. The zero-order valence-electron chi connectivity index (χ0n) is 19.7. The number of esters is 1. The number of carboxylic acid groups (broad SMARTS) is 1. The summed E-state index contributed by atoms with van der Waals surface area (Å²) in [5.74, 6) is 0.0646. The number of nitrogens with two attached hydrogens (primary N) is 1. The number of fused-ring (bicyclic) bond motifs is 5. The summed E-state index contributed by atoms with van der Waals surface area (Å²) < 4.78 is 20.9. The highest BCUT2D eigenvalue weighted by Gasteiger charge is 2.61. The Labute approximate surface area is 194 Å². The minimum absolute atomic E-state index is 0.0600. The largest absolute Gasteiger partial charge is 0.478 e. The SMILES string of the molecule is C[C@]12CC[C@H]3[C@@H](CCC4C/C(=N\OCCN)[C@H](F)C[C@@]43C)[C@@H]1CC[C@@H]2OC(=O)/C=C/C(=O)O. The number of carboxylic acids is 1. The molecule has 3 N–H and O–H groups in total. The number of hydrogen-bond donors (Lipinski definition) is 2. The van der Waals surface area contributed by atoms with Gasteiger partial charge in [0.25, 0.3) is 0 Å². The molecule has 4 rings (SSSR count). The minimum Gasteiger partial charge on any atom is -0.478 e. The van der Waals surface area contributed by atoms with Crippen LogP contribution in [0, 0.1) is 34.5 Å². The van der Waals surface area contributed by atoms with Crippen LogP contribution in [0.4, 0.5) is 4.39 Å². The lowest BCUT2D eigenvalue weighted by molar-refractivity contribution is -0.158. The standard InChI is InChI=1S/C25H37FN2O5/c1-24-10-9-18-16(17(24)5-6-21(24)33-23(31)8-7-22(29)30)4-3-15-13-20(28-32-12-11-27)19(26)14-25(15,18)2/h7-8,15-19,21H,3-6,9-14,27H2,1-2H3,(H,29,30)/b8-7+,28-20+/t15?,16-,17-,18-,19+,21-,24-,25-/m0/s1. The van der Waals surface area contributed by atoms with E-state index < -0.39 is 18.1 Å². The van der Waals surface area contributed by atoms with E-state index in [0.717, 1.165) is 50.7 Å². The van der Waals surface area contributed by atoms with Crippen molar-refractivity contribution in [3.8, 4) is 0 Å². The van der Waals surface area contributed by atoms with Gasteiger partial charge in [0.05, 0.1) is 5.71 Å². The average molecular weight is 465 g/mol. The minimum atomic E-state index is -1.16. The molecule has 0 aromatic carbocycles. The summed E-state index contributed by atoms with van der Waals surface area (Å²) in [4.78, 5) is 28.1. The van der Waals surface area contributed by atoms with Gasteiger partial charge in [-0.3, -0.25) is 0 Å². The fourth-order valence-electron chi connectivity index (χ4n) is 7.81. The van der Waals surface area contributed by atoms with Gasteiger partial charge < -0.3 is 20.4 Å². The molecule has 0 aromatic rings. The van der Waals surface area contributed by atoms with Gasteiger partial charge in [-0.25, -0.2) is 14.0 Å². The van der Waals surface area contributed by atoms with Crippen LogP contribution in [0.2, 0.25) is 0 Å². The van der Waals surface area contributed by atoms with Crippen molar-refractivity contribution in [1.82, 2.24) is 0 Å². The number of halogens is 1. The maximum Gasteiger partial charge on any atom is 0.331 e. The molecular weight excluding hydrogens is 427 g/mol. The van der Waals surface area contributed by atoms with Crippen LogP contribution in [0.15, 0.2) is 17.3 Å². The van der Waals surface area contributed by atoms with Crippen molar-refractivity contribution >= 4 is 17.7 Å². The third-order valence-corrected chi connectivity index (χ3v) is 9.43. The van der Waals surface area contributed by atoms with Crippen LogP contribution < -0.4 is 5.73 Å². The highest BCUT2D eigenvalue weighted by atomic mass is 19.1. The third-order valence-electron chi connectivity index (χ3n) is 9.43. The summed E-state index contributed by atoms with van der Waals surface area (Å²) in [6.07, 6.45) is 7.61. The van der Waals surface area contributed by atoms with Crippen LogP contribution >= 0.6 is 0 Å². The Morgan fingerprint density at radius 1 is 1.15 bits per heavy atom. The Morgan fingerprint density at radius 3 is 2.64 bits per heavy atom. The number of carbonyl (C=O) groups is 2. The molecule has 0 heterocycles. The number of nitrogens with zero attached hydrogens (tertiary/aromatic N) is 1. The van der Waals surface area contributed by atoms with Crippen LogP contribution in [-0.2, 0) is 19.2 Å². The molecule has 8 heteroatoms.